The lowest BCUT2D eigenvalue weighted by atomic mass is 9.82. The van der Waals surface area contributed by atoms with Gasteiger partial charge in [-0.2, -0.15) is 0 Å². The van der Waals surface area contributed by atoms with Crippen LogP contribution in [0.2, 0.25) is 18.6 Å². The summed E-state index contributed by atoms with van der Waals surface area (Å²) >= 11 is 3.70. The fourth-order valence-corrected chi connectivity index (χ4v) is 12.7. The van der Waals surface area contributed by atoms with E-state index in [1.165, 1.54) is 5.19 Å². The van der Waals surface area contributed by atoms with Crippen LogP contribution in [0.15, 0.2) is 77.4 Å². The van der Waals surface area contributed by atoms with Gasteiger partial charge in [-0.05, 0) is 60.0 Å². The zero-order valence-corrected chi connectivity index (χ0v) is 31.3. The molecule has 262 valence electrons. The number of hydrogen-bond donors (Lipinski definition) is 1. The van der Waals surface area contributed by atoms with E-state index >= 15 is 4.79 Å². The predicted molar refractivity (Wildman–Crippen MR) is 195 cm³/mol. The predicted octanol–water partition coefficient (Wildman–Crippen LogP) is 5.39. The lowest BCUT2D eigenvalue weighted by Gasteiger charge is -2.37. The fourth-order valence-electron chi connectivity index (χ4n) is 8.28. The molecule has 7 rings (SSSR count). The van der Waals surface area contributed by atoms with Crippen molar-refractivity contribution in [1.82, 2.24) is 15.0 Å². The van der Waals surface area contributed by atoms with Crippen LogP contribution in [0.25, 0.3) is 0 Å². The van der Waals surface area contributed by atoms with E-state index in [4.69, 9.17) is 14.2 Å². The number of aliphatic hydroxyl groups is 1. The monoisotopic (exact) mass is 759 g/mol. The first kappa shape index (κ1) is 34.4. The van der Waals surface area contributed by atoms with Crippen LogP contribution in [0, 0.1) is 5.92 Å². The molecule has 3 aromatic carbocycles. The Morgan fingerprint density at radius 1 is 1.10 bits per heavy atom. The molecule has 0 saturated carbocycles. The summed E-state index contributed by atoms with van der Waals surface area (Å²) in [6, 6.07) is 22.1. The minimum atomic E-state index is -2.33. The maximum atomic E-state index is 15.1. The fraction of sp³-hybridized carbons (Fsp3) is 0.405. The molecular formula is C37H42BrN5O6Si. The second-order valence-corrected chi connectivity index (χ2v) is 19.5. The Hall–Kier alpha value is -4.04. The van der Waals surface area contributed by atoms with Crippen molar-refractivity contribution < 1.29 is 28.9 Å². The van der Waals surface area contributed by atoms with Gasteiger partial charge in [0.25, 0.3) is 5.91 Å². The van der Waals surface area contributed by atoms with Crippen molar-refractivity contribution in [2.24, 2.45) is 5.92 Å². The molecule has 2 amide bonds. The second-order valence-electron chi connectivity index (χ2n) is 13.9. The zero-order valence-electron chi connectivity index (χ0n) is 28.7. The van der Waals surface area contributed by atoms with E-state index in [0.717, 1.165) is 38.4 Å². The van der Waals surface area contributed by atoms with Gasteiger partial charge in [0.15, 0.2) is 5.60 Å². The summed E-state index contributed by atoms with van der Waals surface area (Å²) in [5.74, 6) is 0.563. The number of aromatic nitrogens is 3. The number of nitrogens with zero attached hydrogens (tertiary/aromatic N) is 5. The molecule has 1 aromatic heterocycles. The van der Waals surface area contributed by atoms with Gasteiger partial charge >= 0.3 is 6.09 Å². The van der Waals surface area contributed by atoms with Gasteiger partial charge in [0.2, 0.25) is 0 Å². The van der Waals surface area contributed by atoms with Crippen molar-refractivity contribution in [3.05, 3.63) is 94.2 Å². The summed E-state index contributed by atoms with van der Waals surface area (Å²) in [6.07, 6.45) is 2.34. The van der Waals surface area contributed by atoms with E-state index in [1.54, 1.807) is 16.7 Å². The second kappa shape index (κ2) is 13.6. The van der Waals surface area contributed by atoms with Crippen LogP contribution in [-0.2, 0) is 39.4 Å². The van der Waals surface area contributed by atoms with Crippen molar-refractivity contribution in [3.63, 3.8) is 0 Å². The van der Waals surface area contributed by atoms with Crippen LogP contribution in [0.4, 0.5) is 16.2 Å². The van der Waals surface area contributed by atoms with Crippen LogP contribution >= 0.6 is 15.9 Å². The Kier molecular flexibility index (Phi) is 9.35. The molecule has 2 fully saturated rings. The van der Waals surface area contributed by atoms with E-state index in [-0.39, 0.29) is 36.2 Å². The highest BCUT2D eigenvalue weighted by Gasteiger charge is 2.66. The molecule has 3 aliphatic rings. The van der Waals surface area contributed by atoms with Gasteiger partial charge in [0, 0.05) is 47.4 Å². The molecular weight excluding hydrogens is 718 g/mol. The maximum absolute atomic E-state index is 15.1. The molecule has 11 nitrogen and oxygen atoms in total. The highest BCUT2D eigenvalue weighted by atomic mass is 79.9. The smallest absolute Gasteiger partial charge is 0.414 e. The topological polar surface area (TPSA) is 119 Å². The maximum Gasteiger partial charge on any atom is 0.414 e. The van der Waals surface area contributed by atoms with Gasteiger partial charge in [-0.3, -0.25) is 14.4 Å². The van der Waals surface area contributed by atoms with Crippen LogP contribution in [0.3, 0.4) is 0 Å². The molecule has 4 atom stereocenters. The Morgan fingerprint density at radius 3 is 2.62 bits per heavy atom. The average Bonchev–Trinajstić information content (AvgIpc) is 3.87. The van der Waals surface area contributed by atoms with Crippen LogP contribution < -0.4 is 19.7 Å². The summed E-state index contributed by atoms with van der Waals surface area (Å²) in [7, 11) is -0.657. The molecule has 4 aromatic rings. The average molecular weight is 761 g/mol. The van der Waals surface area contributed by atoms with Gasteiger partial charge < -0.3 is 24.2 Å². The summed E-state index contributed by atoms with van der Waals surface area (Å²) in [5.41, 5.74) is 2.93. The summed E-state index contributed by atoms with van der Waals surface area (Å²) in [6.45, 7) is 8.66. The Morgan fingerprint density at radius 2 is 1.90 bits per heavy atom. The third-order valence-electron chi connectivity index (χ3n) is 10.7. The highest BCUT2D eigenvalue weighted by Crippen LogP contribution is 2.60. The minimum absolute atomic E-state index is 0.0108. The van der Waals surface area contributed by atoms with Crippen molar-refractivity contribution in [1.29, 1.82) is 0 Å². The zero-order chi connectivity index (χ0) is 35.2. The number of halogens is 1. The number of aryl methyl sites for hydroxylation is 1. The molecule has 13 heteroatoms. The number of amides is 2. The SMILES string of the molecule is COc1ccc([Si](C)(C)[C@@H]2[C@@H](CCn3cc(CCO)nn3)O[C@]3(C(=O)N(Cc4cccc(N5CCOC5=O)c4)c4ccc(Br)cc43)[C@H]2C)cc1. The largest absolute Gasteiger partial charge is 0.497 e. The van der Waals surface area contributed by atoms with Gasteiger partial charge in [-0.15, -0.1) is 5.10 Å². The number of ether oxygens (including phenoxy) is 3. The van der Waals surface area contributed by atoms with Crippen molar-refractivity contribution in [3.8, 4) is 5.75 Å². The number of benzene rings is 3. The van der Waals surface area contributed by atoms with Crippen LogP contribution in [-0.4, -0.2) is 73.1 Å². The number of cyclic esters (lactones) is 1. The summed E-state index contributed by atoms with van der Waals surface area (Å²) < 4.78 is 20.6. The number of methoxy groups -OCH3 is 1. The number of carbonyl (C=O) groups excluding carboxylic acids is 2. The van der Waals surface area contributed by atoms with Gasteiger partial charge in [-0.1, -0.05) is 70.6 Å². The molecule has 0 unspecified atom stereocenters. The molecule has 3 aliphatic heterocycles. The first-order chi connectivity index (χ1) is 24.1. The highest BCUT2D eigenvalue weighted by molar-refractivity contribution is 9.10. The molecule has 1 spiro atoms. The molecule has 0 radical (unpaired) electrons. The van der Waals surface area contributed by atoms with Crippen molar-refractivity contribution in [2.45, 2.75) is 63.2 Å². The molecule has 0 aliphatic carbocycles. The standard InChI is InChI=1S/C37H42BrN5O6Si/c1-24-34(50(3,4)30-11-9-29(47-2)10-12-30)33(14-16-41-23-27(15-18-44)39-40-41)49-37(24)31-21-26(38)8-13-32(31)43(35(37)45)22-25-6-5-7-28(20-25)42-17-19-48-36(42)46/h5-13,20-21,23-24,33-34,44H,14-19,22H2,1-4H3/t24-,33+,34-,37+/m0/s1. The van der Waals surface area contributed by atoms with Crippen molar-refractivity contribution in [2.75, 3.05) is 36.7 Å². The molecule has 50 heavy (non-hydrogen) atoms. The van der Waals surface area contributed by atoms with Gasteiger partial charge in [-0.25, -0.2) is 4.79 Å². The number of fused-ring (bicyclic) bond motifs is 2. The molecule has 4 heterocycles. The minimum Gasteiger partial charge on any atom is -0.497 e. The molecule has 1 N–H and O–H groups in total. The quantitative estimate of drug-likeness (QED) is 0.202. The Bertz CT molecular complexity index is 1900. The third-order valence-corrected chi connectivity index (χ3v) is 15.6. The van der Waals surface area contributed by atoms with E-state index in [1.807, 2.05) is 65.7 Å². The van der Waals surface area contributed by atoms with E-state index in [9.17, 15) is 9.90 Å². The normalized spacial score (nSPS) is 23.2. The first-order valence-corrected chi connectivity index (χ1v) is 20.9. The van der Waals surface area contributed by atoms with Crippen LogP contribution in [0.1, 0.15) is 30.2 Å². The number of anilines is 2. The number of hydrogen-bond acceptors (Lipinski definition) is 8. The number of rotatable bonds is 11. The van der Waals surface area contributed by atoms with Crippen molar-refractivity contribution >= 4 is 52.6 Å². The van der Waals surface area contributed by atoms with E-state index < -0.39 is 13.7 Å². The molecule has 0 bridgehead atoms. The van der Waals surface area contributed by atoms with Crippen LogP contribution in [0.5, 0.6) is 5.75 Å². The summed E-state index contributed by atoms with van der Waals surface area (Å²) in [4.78, 5) is 30.9. The molecule has 2 saturated heterocycles. The Balaban J connectivity index is 1.27. The lowest BCUT2D eigenvalue weighted by molar-refractivity contribution is -0.146. The van der Waals surface area contributed by atoms with Gasteiger partial charge in [0.1, 0.15) is 12.4 Å². The third kappa shape index (κ3) is 5.93. The van der Waals surface area contributed by atoms with E-state index in [2.05, 4.69) is 58.4 Å². The Labute approximate surface area is 301 Å². The lowest BCUT2D eigenvalue weighted by Crippen LogP contribution is -2.51. The number of aliphatic hydroxyl groups excluding tert-OH is 1. The van der Waals surface area contributed by atoms with Gasteiger partial charge in [0.05, 0.1) is 45.8 Å². The first-order valence-electron chi connectivity index (χ1n) is 17.0. The van der Waals surface area contributed by atoms with E-state index in [0.29, 0.717) is 39.1 Å². The number of carbonyl (C=O) groups is 2. The summed E-state index contributed by atoms with van der Waals surface area (Å²) in [5, 5.41) is 19.2.